The van der Waals surface area contributed by atoms with Crippen LogP contribution in [0.25, 0.3) is 0 Å². The number of aromatic carboxylic acids is 1. The zero-order chi connectivity index (χ0) is 14.9. The molecule has 1 saturated carbocycles. The van der Waals surface area contributed by atoms with Crippen LogP contribution in [0.4, 0.5) is 0 Å². The molecule has 1 aromatic heterocycles. The molecule has 1 heterocycles. The summed E-state index contributed by atoms with van der Waals surface area (Å²) < 4.78 is 26.3. The third-order valence-electron chi connectivity index (χ3n) is 4.06. The van der Waals surface area contributed by atoms with Crippen molar-refractivity contribution in [2.24, 2.45) is 5.92 Å². The van der Waals surface area contributed by atoms with Crippen molar-refractivity contribution >= 4 is 16.0 Å². The number of aromatic nitrogens is 1. The topological polar surface area (TPSA) is 90.5 Å². The Labute approximate surface area is 118 Å². The highest BCUT2D eigenvalue weighted by molar-refractivity contribution is 7.89. The summed E-state index contributed by atoms with van der Waals surface area (Å²) in [5, 5.41) is 8.84. The molecule has 6 nitrogen and oxygen atoms in total. The summed E-state index contributed by atoms with van der Waals surface area (Å²) in [4.78, 5) is 13.3. The highest BCUT2D eigenvalue weighted by Crippen LogP contribution is 2.29. The van der Waals surface area contributed by atoms with Gasteiger partial charge in [0.15, 0.2) is 0 Å². The van der Waals surface area contributed by atoms with Gasteiger partial charge in [0.2, 0.25) is 10.0 Å². The van der Waals surface area contributed by atoms with Crippen molar-refractivity contribution in [3.63, 3.8) is 0 Å². The average molecular weight is 300 g/mol. The molecule has 112 valence electrons. The number of carboxylic acids is 1. The van der Waals surface area contributed by atoms with Crippen molar-refractivity contribution < 1.29 is 18.3 Å². The maximum absolute atomic E-state index is 12.5. The van der Waals surface area contributed by atoms with Gasteiger partial charge < -0.3 is 10.1 Å². The van der Waals surface area contributed by atoms with Gasteiger partial charge >= 0.3 is 5.97 Å². The summed E-state index contributed by atoms with van der Waals surface area (Å²) in [5.41, 5.74) is -0.116. The minimum absolute atomic E-state index is 0.000576. The van der Waals surface area contributed by atoms with Gasteiger partial charge in [0.25, 0.3) is 0 Å². The van der Waals surface area contributed by atoms with Crippen LogP contribution in [-0.4, -0.2) is 41.9 Å². The van der Waals surface area contributed by atoms with E-state index in [-0.39, 0.29) is 16.6 Å². The number of hydrogen-bond acceptors (Lipinski definition) is 3. The molecule has 0 bridgehead atoms. The van der Waals surface area contributed by atoms with Gasteiger partial charge in [-0.1, -0.05) is 6.92 Å². The summed E-state index contributed by atoms with van der Waals surface area (Å²) in [6, 6.07) is 1.17. The second-order valence-corrected chi connectivity index (χ2v) is 7.49. The van der Waals surface area contributed by atoms with Crippen LogP contribution in [0.15, 0.2) is 17.2 Å². The van der Waals surface area contributed by atoms with Gasteiger partial charge in [-0.15, -0.1) is 0 Å². The van der Waals surface area contributed by atoms with Crippen LogP contribution in [0, 0.1) is 5.92 Å². The van der Waals surface area contributed by atoms with Gasteiger partial charge in [-0.25, -0.2) is 13.2 Å². The first-order valence-corrected chi connectivity index (χ1v) is 8.16. The Hall–Kier alpha value is -1.34. The van der Waals surface area contributed by atoms with Crippen molar-refractivity contribution in [1.29, 1.82) is 0 Å². The minimum Gasteiger partial charge on any atom is -0.477 e. The molecule has 0 aromatic carbocycles. The van der Waals surface area contributed by atoms with E-state index in [0.29, 0.717) is 5.92 Å². The molecule has 1 aliphatic carbocycles. The second-order valence-electron chi connectivity index (χ2n) is 5.49. The van der Waals surface area contributed by atoms with Gasteiger partial charge in [-0.3, -0.25) is 0 Å². The molecular weight excluding hydrogens is 280 g/mol. The van der Waals surface area contributed by atoms with Gasteiger partial charge in [-0.2, -0.15) is 4.31 Å². The van der Waals surface area contributed by atoms with Crippen molar-refractivity contribution in [3.05, 3.63) is 18.0 Å². The summed E-state index contributed by atoms with van der Waals surface area (Å²) in [6.45, 7) is 2.18. The minimum atomic E-state index is -3.63. The summed E-state index contributed by atoms with van der Waals surface area (Å²) in [7, 11) is -2.06. The number of aromatic amines is 1. The van der Waals surface area contributed by atoms with E-state index < -0.39 is 16.0 Å². The van der Waals surface area contributed by atoms with Crippen molar-refractivity contribution in [1.82, 2.24) is 9.29 Å². The molecule has 0 spiro atoms. The molecule has 2 rings (SSSR count). The maximum atomic E-state index is 12.5. The largest absolute Gasteiger partial charge is 0.477 e. The fraction of sp³-hybridized carbons (Fsp3) is 0.615. The van der Waals surface area contributed by atoms with Gasteiger partial charge in [0.1, 0.15) is 10.6 Å². The quantitative estimate of drug-likeness (QED) is 0.888. The van der Waals surface area contributed by atoms with Crippen LogP contribution in [0.5, 0.6) is 0 Å². The maximum Gasteiger partial charge on any atom is 0.352 e. The Morgan fingerprint density at radius 1 is 1.35 bits per heavy atom. The Morgan fingerprint density at radius 3 is 2.45 bits per heavy atom. The Kier molecular flexibility index (Phi) is 4.19. The number of carbonyl (C=O) groups is 1. The average Bonchev–Trinajstić information content (AvgIpc) is 2.89. The number of rotatable bonds is 4. The third-order valence-corrected chi connectivity index (χ3v) is 5.95. The second kappa shape index (κ2) is 5.57. The Balaban J connectivity index is 2.18. The van der Waals surface area contributed by atoms with Gasteiger partial charge in [0.05, 0.1) is 0 Å². The van der Waals surface area contributed by atoms with Crippen LogP contribution in [-0.2, 0) is 10.0 Å². The van der Waals surface area contributed by atoms with E-state index in [1.165, 1.54) is 16.6 Å². The lowest BCUT2D eigenvalue weighted by atomic mass is 9.87. The van der Waals surface area contributed by atoms with Crippen LogP contribution in [0.1, 0.15) is 43.1 Å². The molecule has 0 radical (unpaired) electrons. The SMILES string of the molecule is CC1CCC(N(C)S(=O)(=O)c2c[nH]c(C(=O)O)c2)CC1. The van der Waals surface area contributed by atoms with Crippen LogP contribution < -0.4 is 0 Å². The fourth-order valence-electron chi connectivity index (χ4n) is 2.62. The number of carboxylic acid groups (broad SMARTS) is 1. The zero-order valence-corrected chi connectivity index (χ0v) is 12.5. The summed E-state index contributed by atoms with van der Waals surface area (Å²) in [6.07, 6.45) is 5.00. The van der Waals surface area contributed by atoms with Gasteiger partial charge in [-0.05, 0) is 37.7 Å². The molecular formula is C13H20N2O4S. The molecule has 20 heavy (non-hydrogen) atoms. The number of hydrogen-bond donors (Lipinski definition) is 2. The van der Waals surface area contributed by atoms with E-state index in [0.717, 1.165) is 25.7 Å². The third kappa shape index (κ3) is 2.88. The molecule has 1 aromatic rings. The van der Waals surface area contributed by atoms with Crippen LogP contribution >= 0.6 is 0 Å². The van der Waals surface area contributed by atoms with Gasteiger partial charge in [0, 0.05) is 19.3 Å². The van der Waals surface area contributed by atoms with E-state index in [4.69, 9.17) is 5.11 Å². The lowest BCUT2D eigenvalue weighted by Crippen LogP contribution is -2.39. The summed E-state index contributed by atoms with van der Waals surface area (Å²) in [5.74, 6) is -0.520. The standard InChI is InChI=1S/C13H20N2O4S/c1-9-3-5-10(6-4-9)15(2)20(18,19)11-7-12(13(16)17)14-8-11/h7-10,14H,3-6H2,1-2H3,(H,16,17). The predicted octanol–water partition coefficient (Wildman–Crippen LogP) is 1.91. The molecule has 1 fully saturated rings. The molecule has 0 amide bonds. The normalized spacial score (nSPS) is 23.9. The monoisotopic (exact) mass is 300 g/mol. The van der Waals surface area contributed by atoms with E-state index in [9.17, 15) is 13.2 Å². The molecule has 7 heteroatoms. The number of H-pyrrole nitrogens is 1. The van der Waals surface area contributed by atoms with E-state index in [1.54, 1.807) is 7.05 Å². The van der Waals surface area contributed by atoms with E-state index in [2.05, 4.69) is 11.9 Å². The van der Waals surface area contributed by atoms with E-state index >= 15 is 0 Å². The Morgan fingerprint density at radius 2 is 1.95 bits per heavy atom. The van der Waals surface area contributed by atoms with E-state index in [1.807, 2.05) is 0 Å². The zero-order valence-electron chi connectivity index (χ0n) is 11.7. The van der Waals surface area contributed by atoms with Crippen LogP contribution in [0.3, 0.4) is 0 Å². The molecule has 0 atom stereocenters. The predicted molar refractivity (Wildman–Crippen MR) is 74.1 cm³/mol. The van der Waals surface area contributed by atoms with Crippen molar-refractivity contribution in [3.8, 4) is 0 Å². The lowest BCUT2D eigenvalue weighted by Gasteiger charge is -2.32. The molecule has 0 unspecified atom stereocenters. The van der Waals surface area contributed by atoms with Crippen molar-refractivity contribution in [2.75, 3.05) is 7.05 Å². The summed E-state index contributed by atoms with van der Waals surface area (Å²) >= 11 is 0. The fourth-order valence-corrected chi connectivity index (χ4v) is 4.03. The molecule has 0 saturated heterocycles. The molecule has 0 aliphatic heterocycles. The highest BCUT2D eigenvalue weighted by Gasteiger charge is 2.31. The Bertz CT molecular complexity index is 585. The molecule has 2 N–H and O–H groups in total. The number of sulfonamides is 1. The first-order valence-electron chi connectivity index (χ1n) is 6.72. The highest BCUT2D eigenvalue weighted by atomic mass is 32.2. The number of nitrogens with zero attached hydrogens (tertiary/aromatic N) is 1. The smallest absolute Gasteiger partial charge is 0.352 e. The number of nitrogens with one attached hydrogen (secondary N) is 1. The molecule has 1 aliphatic rings. The first-order chi connectivity index (χ1) is 9.32. The first kappa shape index (κ1) is 15.1. The lowest BCUT2D eigenvalue weighted by molar-refractivity contribution is 0.0691. The van der Waals surface area contributed by atoms with Crippen molar-refractivity contribution in [2.45, 2.75) is 43.5 Å². The van der Waals surface area contributed by atoms with Crippen LogP contribution in [0.2, 0.25) is 0 Å².